The molecule has 0 saturated carbocycles. The third-order valence-corrected chi connectivity index (χ3v) is 4.58. The van der Waals surface area contributed by atoms with Crippen LogP contribution in [0.15, 0.2) is 24.3 Å². The molecule has 2 aromatic rings. The van der Waals surface area contributed by atoms with E-state index in [1.807, 2.05) is 0 Å². The largest absolute Gasteiger partial charge is 0.360 e. The lowest BCUT2D eigenvalue weighted by molar-refractivity contribution is 0.589. The van der Waals surface area contributed by atoms with Gasteiger partial charge in [-0.05, 0) is 50.0 Å². The Labute approximate surface area is 112 Å². The number of rotatable bonds is 4. The summed E-state index contributed by atoms with van der Waals surface area (Å²) in [6.07, 6.45) is 2.61. The van der Waals surface area contributed by atoms with E-state index in [0.29, 0.717) is 6.04 Å². The van der Waals surface area contributed by atoms with E-state index in [0.717, 1.165) is 18.6 Å². The fourth-order valence-electron chi connectivity index (χ4n) is 2.64. The van der Waals surface area contributed by atoms with E-state index in [-0.39, 0.29) is 0 Å². The van der Waals surface area contributed by atoms with Gasteiger partial charge in [0.15, 0.2) is 0 Å². The van der Waals surface area contributed by atoms with Crippen LogP contribution in [0.25, 0.3) is 10.9 Å². The average Bonchev–Trinajstić information content (AvgIpc) is 3.05. The van der Waals surface area contributed by atoms with Gasteiger partial charge in [-0.15, -0.1) is 0 Å². The van der Waals surface area contributed by atoms with Gasteiger partial charge in [0.05, 0.1) is 5.52 Å². The highest BCUT2D eigenvalue weighted by atomic mass is 32.1. The van der Waals surface area contributed by atoms with Crippen LogP contribution < -0.4 is 10.2 Å². The van der Waals surface area contributed by atoms with Crippen LogP contribution in [0.3, 0.4) is 0 Å². The molecule has 1 aliphatic heterocycles. The zero-order chi connectivity index (χ0) is 12.4. The Hall–Kier alpha value is -1.13. The van der Waals surface area contributed by atoms with Crippen LogP contribution in [0.4, 0.5) is 5.00 Å². The molecule has 4 heteroatoms. The predicted octanol–water partition coefficient (Wildman–Crippen LogP) is 2.87. The first kappa shape index (κ1) is 11.9. The number of hydrogen-bond acceptors (Lipinski definition) is 4. The first-order valence-electron chi connectivity index (χ1n) is 6.71. The van der Waals surface area contributed by atoms with Gasteiger partial charge in [0, 0.05) is 24.5 Å². The SMILES string of the molecule is CCN(CC1CCCN1)c1snc2ccccc12. The average molecular weight is 261 g/mol. The Bertz CT molecular complexity index is 516. The van der Waals surface area contributed by atoms with E-state index in [1.54, 1.807) is 11.5 Å². The molecule has 3 rings (SSSR count). The molecule has 1 aliphatic rings. The van der Waals surface area contributed by atoms with E-state index >= 15 is 0 Å². The maximum absolute atomic E-state index is 4.54. The molecule has 96 valence electrons. The Morgan fingerprint density at radius 3 is 3.11 bits per heavy atom. The zero-order valence-corrected chi connectivity index (χ0v) is 11.5. The van der Waals surface area contributed by atoms with Gasteiger partial charge in [-0.1, -0.05) is 12.1 Å². The molecule has 3 nitrogen and oxygen atoms in total. The fraction of sp³-hybridized carbons (Fsp3) is 0.500. The number of nitrogens with zero attached hydrogens (tertiary/aromatic N) is 2. The standard InChI is InChI=1S/C14H19N3S/c1-2-17(10-11-6-5-9-15-11)14-12-7-3-4-8-13(12)16-18-14/h3-4,7-8,11,15H,2,5-6,9-10H2,1H3. The van der Waals surface area contributed by atoms with E-state index in [9.17, 15) is 0 Å². The van der Waals surface area contributed by atoms with Crippen LogP contribution in [-0.4, -0.2) is 30.0 Å². The highest BCUT2D eigenvalue weighted by Gasteiger charge is 2.19. The van der Waals surface area contributed by atoms with E-state index in [4.69, 9.17) is 0 Å². The number of aromatic nitrogens is 1. The molecular weight excluding hydrogens is 242 g/mol. The second-order valence-corrected chi connectivity index (χ2v) is 5.59. The van der Waals surface area contributed by atoms with Crippen molar-refractivity contribution in [1.82, 2.24) is 9.69 Å². The first-order valence-corrected chi connectivity index (χ1v) is 7.48. The Morgan fingerprint density at radius 1 is 1.44 bits per heavy atom. The van der Waals surface area contributed by atoms with Crippen LogP contribution in [0.5, 0.6) is 0 Å². The second kappa shape index (κ2) is 5.24. The topological polar surface area (TPSA) is 28.2 Å². The van der Waals surface area contributed by atoms with Gasteiger partial charge >= 0.3 is 0 Å². The number of benzene rings is 1. The van der Waals surface area contributed by atoms with Crippen molar-refractivity contribution in [2.45, 2.75) is 25.8 Å². The molecular formula is C14H19N3S. The van der Waals surface area contributed by atoms with E-state index in [1.165, 1.54) is 29.8 Å². The lowest BCUT2D eigenvalue weighted by Gasteiger charge is -2.24. The predicted molar refractivity (Wildman–Crippen MR) is 78.5 cm³/mol. The van der Waals surface area contributed by atoms with Crippen molar-refractivity contribution in [1.29, 1.82) is 0 Å². The molecule has 0 amide bonds. The lowest BCUT2D eigenvalue weighted by atomic mass is 10.2. The molecule has 0 radical (unpaired) electrons. The molecule has 1 fully saturated rings. The highest BCUT2D eigenvalue weighted by Crippen LogP contribution is 2.31. The monoisotopic (exact) mass is 261 g/mol. The lowest BCUT2D eigenvalue weighted by Crippen LogP contribution is -2.37. The van der Waals surface area contributed by atoms with Crippen LogP contribution in [0.1, 0.15) is 19.8 Å². The third kappa shape index (κ3) is 2.22. The maximum atomic E-state index is 4.54. The summed E-state index contributed by atoms with van der Waals surface area (Å²) in [5, 5.41) is 6.19. The number of nitrogens with one attached hydrogen (secondary N) is 1. The van der Waals surface area contributed by atoms with Crippen molar-refractivity contribution in [2.24, 2.45) is 0 Å². The van der Waals surface area contributed by atoms with Gasteiger partial charge in [0.1, 0.15) is 5.00 Å². The van der Waals surface area contributed by atoms with Crippen molar-refractivity contribution in [2.75, 3.05) is 24.5 Å². The molecule has 1 N–H and O–H groups in total. The third-order valence-electron chi connectivity index (χ3n) is 3.64. The highest BCUT2D eigenvalue weighted by molar-refractivity contribution is 7.11. The molecule has 1 aromatic heterocycles. The summed E-state index contributed by atoms with van der Waals surface area (Å²) in [7, 11) is 0. The molecule has 1 aromatic carbocycles. The van der Waals surface area contributed by atoms with Gasteiger partial charge in [-0.3, -0.25) is 0 Å². The van der Waals surface area contributed by atoms with Crippen molar-refractivity contribution >= 4 is 27.4 Å². The minimum Gasteiger partial charge on any atom is -0.360 e. The molecule has 0 spiro atoms. The number of anilines is 1. The summed E-state index contributed by atoms with van der Waals surface area (Å²) in [5.41, 5.74) is 1.12. The fourth-order valence-corrected chi connectivity index (χ4v) is 3.57. The van der Waals surface area contributed by atoms with Gasteiger partial charge in [-0.25, -0.2) is 0 Å². The number of likely N-dealkylation sites (N-methyl/N-ethyl adjacent to an activating group) is 1. The minimum atomic E-state index is 0.644. The van der Waals surface area contributed by atoms with Crippen LogP contribution in [0.2, 0.25) is 0 Å². The van der Waals surface area contributed by atoms with Gasteiger partial charge < -0.3 is 10.2 Å². The van der Waals surface area contributed by atoms with Crippen molar-refractivity contribution < 1.29 is 0 Å². The zero-order valence-electron chi connectivity index (χ0n) is 10.7. The summed E-state index contributed by atoms with van der Waals surface area (Å²) in [6.45, 7) is 5.54. The van der Waals surface area contributed by atoms with Gasteiger partial charge in [0.25, 0.3) is 0 Å². The van der Waals surface area contributed by atoms with Crippen molar-refractivity contribution in [3.8, 4) is 0 Å². The summed E-state index contributed by atoms with van der Waals surface area (Å²) in [5.74, 6) is 0. The molecule has 0 bridgehead atoms. The van der Waals surface area contributed by atoms with Crippen LogP contribution in [0, 0.1) is 0 Å². The Kier molecular flexibility index (Phi) is 3.48. The molecule has 1 atom stereocenters. The van der Waals surface area contributed by atoms with Gasteiger partial charge in [-0.2, -0.15) is 4.37 Å². The smallest absolute Gasteiger partial charge is 0.120 e. The summed E-state index contributed by atoms with van der Waals surface area (Å²) in [6, 6.07) is 9.07. The van der Waals surface area contributed by atoms with E-state index < -0.39 is 0 Å². The Balaban J connectivity index is 1.86. The maximum Gasteiger partial charge on any atom is 0.120 e. The summed E-state index contributed by atoms with van der Waals surface area (Å²) >= 11 is 1.63. The Morgan fingerprint density at radius 2 is 2.33 bits per heavy atom. The normalized spacial score (nSPS) is 19.5. The molecule has 2 heterocycles. The van der Waals surface area contributed by atoms with Crippen molar-refractivity contribution in [3.63, 3.8) is 0 Å². The summed E-state index contributed by atoms with van der Waals surface area (Å²) < 4.78 is 4.54. The number of fused-ring (bicyclic) bond motifs is 1. The first-order chi connectivity index (χ1) is 8.88. The molecule has 1 unspecified atom stereocenters. The minimum absolute atomic E-state index is 0.644. The summed E-state index contributed by atoms with van der Waals surface area (Å²) in [4.78, 5) is 2.46. The van der Waals surface area contributed by atoms with Crippen LogP contribution >= 0.6 is 11.5 Å². The number of hydrogen-bond donors (Lipinski definition) is 1. The van der Waals surface area contributed by atoms with Gasteiger partial charge in [0.2, 0.25) is 0 Å². The molecule has 1 saturated heterocycles. The molecule has 18 heavy (non-hydrogen) atoms. The van der Waals surface area contributed by atoms with Crippen molar-refractivity contribution in [3.05, 3.63) is 24.3 Å². The quantitative estimate of drug-likeness (QED) is 0.917. The second-order valence-electron chi connectivity index (χ2n) is 4.84. The molecule has 0 aliphatic carbocycles. The van der Waals surface area contributed by atoms with Crippen LogP contribution in [-0.2, 0) is 0 Å². The van der Waals surface area contributed by atoms with E-state index in [2.05, 4.69) is 45.8 Å².